The van der Waals surface area contributed by atoms with E-state index in [2.05, 4.69) is 17.9 Å². The van der Waals surface area contributed by atoms with Gasteiger partial charge in [0.05, 0.1) is 0 Å². The number of nitrogens with two attached hydrogens (primary N) is 1. The SMILES string of the molecule is CC1=CCN(Cc2cc(Cl)ccc2N)CC1. The van der Waals surface area contributed by atoms with Gasteiger partial charge in [-0.2, -0.15) is 0 Å². The van der Waals surface area contributed by atoms with Crippen LogP contribution in [0.4, 0.5) is 5.69 Å². The molecule has 0 amide bonds. The molecule has 0 fully saturated rings. The Balaban J connectivity index is 2.06. The molecule has 1 heterocycles. The van der Waals surface area contributed by atoms with Gasteiger partial charge in [-0.3, -0.25) is 4.90 Å². The molecule has 0 spiro atoms. The van der Waals surface area contributed by atoms with Crippen molar-refractivity contribution in [1.82, 2.24) is 4.90 Å². The molecular formula is C13H17ClN2. The van der Waals surface area contributed by atoms with Crippen molar-refractivity contribution in [1.29, 1.82) is 0 Å². The zero-order chi connectivity index (χ0) is 11.5. The standard InChI is InChI=1S/C13H17ClN2/c1-10-4-6-16(7-5-10)9-11-8-12(14)2-3-13(11)15/h2-4,8H,5-7,9,15H2,1H3. The number of hydrogen-bond acceptors (Lipinski definition) is 2. The van der Waals surface area contributed by atoms with Crippen LogP contribution in [0.2, 0.25) is 5.02 Å². The minimum Gasteiger partial charge on any atom is -0.398 e. The molecule has 2 nitrogen and oxygen atoms in total. The maximum Gasteiger partial charge on any atom is 0.0410 e. The fourth-order valence-corrected chi connectivity index (χ4v) is 2.10. The van der Waals surface area contributed by atoms with Crippen LogP contribution in [0.3, 0.4) is 0 Å². The number of anilines is 1. The van der Waals surface area contributed by atoms with Crippen LogP contribution in [-0.2, 0) is 6.54 Å². The van der Waals surface area contributed by atoms with Gasteiger partial charge in [-0.1, -0.05) is 23.3 Å². The molecule has 0 saturated carbocycles. The molecule has 0 saturated heterocycles. The Morgan fingerprint density at radius 1 is 1.44 bits per heavy atom. The van der Waals surface area contributed by atoms with Gasteiger partial charge in [0.2, 0.25) is 0 Å². The summed E-state index contributed by atoms with van der Waals surface area (Å²) >= 11 is 5.97. The average Bonchev–Trinajstić information content (AvgIpc) is 2.27. The zero-order valence-corrected chi connectivity index (χ0v) is 10.3. The molecule has 1 aromatic rings. The quantitative estimate of drug-likeness (QED) is 0.632. The average molecular weight is 237 g/mol. The van der Waals surface area contributed by atoms with Gasteiger partial charge in [0, 0.05) is 30.3 Å². The molecule has 0 aromatic heterocycles. The lowest BCUT2D eigenvalue weighted by Gasteiger charge is -2.25. The summed E-state index contributed by atoms with van der Waals surface area (Å²) in [6, 6.07) is 5.67. The number of nitrogens with zero attached hydrogens (tertiary/aromatic N) is 1. The van der Waals surface area contributed by atoms with Crippen LogP contribution in [-0.4, -0.2) is 18.0 Å². The topological polar surface area (TPSA) is 29.3 Å². The summed E-state index contributed by atoms with van der Waals surface area (Å²) in [7, 11) is 0. The Bertz CT molecular complexity index is 412. The highest BCUT2D eigenvalue weighted by Gasteiger charge is 2.11. The summed E-state index contributed by atoms with van der Waals surface area (Å²) < 4.78 is 0. The first-order chi connectivity index (χ1) is 7.65. The molecule has 0 unspecified atom stereocenters. The number of hydrogen-bond donors (Lipinski definition) is 1. The first-order valence-corrected chi connectivity index (χ1v) is 5.95. The van der Waals surface area contributed by atoms with Crippen LogP contribution in [0, 0.1) is 0 Å². The first-order valence-electron chi connectivity index (χ1n) is 5.57. The number of rotatable bonds is 2. The van der Waals surface area contributed by atoms with E-state index in [0.29, 0.717) is 0 Å². The molecule has 1 aromatic carbocycles. The molecule has 0 bridgehead atoms. The van der Waals surface area contributed by atoms with Gasteiger partial charge >= 0.3 is 0 Å². The number of halogens is 1. The lowest BCUT2D eigenvalue weighted by Crippen LogP contribution is -2.28. The van der Waals surface area contributed by atoms with Crippen molar-refractivity contribution in [3.63, 3.8) is 0 Å². The van der Waals surface area contributed by atoms with E-state index in [9.17, 15) is 0 Å². The van der Waals surface area contributed by atoms with Crippen LogP contribution < -0.4 is 5.73 Å². The molecule has 2 N–H and O–H groups in total. The number of benzene rings is 1. The Morgan fingerprint density at radius 3 is 2.94 bits per heavy atom. The van der Waals surface area contributed by atoms with Crippen molar-refractivity contribution in [2.75, 3.05) is 18.8 Å². The molecule has 0 aliphatic carbocycles. The van der Waals surface area contributed by atoms with Crippen molar-refractivity contribution in [3.05, 3.63) is 40.4 Å². The molecule has 0 atom stereocenters. The molecule has 3 heteroatoms. The molecule has 1 aliphatic heterocycles. The van der Waals surface area contributed by atoms with E-state index in [-0.39, 0.29) is 0 Å². The van der Waals surface area contributed by atoms with Crippen LogP contribution >= 0.6 is 11.6 Å². The van der Waals surface area contributed by atoms with Crippen LogP contribution in [0.25, 0.3) is 0 Å². The van der Waals surface area contributed by atoms with Gasteiger partial charge in [-0.25, -0.2) is 0 Å². The monoisotopic (exact) mass is 236 g/mol. The molecule has 0 radical (unpaired) electrons. The van der Waals surface area contributed by atoms with E-state index < -0.39 is 0 Å². The van der Waals surface area contributed by atoms with E-state index in [0.717, 1.165) is 42.3 Å². The molecule has 2 rings (SSSR count). The summed E-state index contributed by atoms with van der Waals surface area (Å²) in [5.74, 6) is 0. The van der Waals surface area contributed by atoms with Gasteiger partial charge in [0.25, 0.3) is 0 Å². The third-order valence-corrected chi connectivity index (χ3v) is 3.25. The normalized spacial score (nSPS) is 17.2. The lowest BCUT2D eigenvalue weighted by molar-refractivity contribution is 0.286. The second-order valence-electron chi connectivity index (χ2n) is 4.38. The Hall–Kier alpha value is -0.990. The highest BCUT2D eigenvalue weighted by molar-refractivity contribution is 6.30. The van der Waals surface area contributed by atoms with Crippen LogP contribution in [0.15, 0.2) is 29.8 Å². The highest BCUT2D eigenvalue weighted by Crippen LogP contribution is 2.21. The summed E-state index contributed by atoms with van der Waals surface area (Å²) in [4.78, 5) is 2.38. The molecule has 16 heavy (non-hydrogen) atoms. The minimum absolute atomic E-state index is 0.757. The lowest BCUT2D eigenvalue weighted by atomic mass is 10.1. The van der Waals surface area contributed by atoms with Crippen LogP contribution in [0.5, 0.6) is 0 Å². The smallest absolute Gasteiger partial charge is 0.0410 e. The third kappa shape index (κ3) is 2.77. The molecular weight excluding hydrogens is 220 g/mol. The number of nitrogen functional groups attached to an aromatic ring is 1. The fourth-order valence-electron chi connectivity index (χ4n) is 1.91. The summed E-state index contributed by atoms with van der Waals surface area (Å²) in [5.41, 5.74) is 9.37. The maximum absolute atomic E-state index is 5.97. The summed E-state index contributed by atoms with van der Waals surface area (Å²) in [5, 5.41) is 0.757. The second kappa shape index (κ2) is 4.89. The van der Waals surface area contributed by atoms with Crippen molar-refractivity contribution in [2.24, 2.45) is 0 Å². The van der Waals surface area contributed by atoms with Gasteiger partial charge < -0.3 is 5.73 Å². The van der Waals surface area contributed by atoms with Crippen molar-refractivity contribution in [3.8, 4) is 0 Å². The van der Waals surface area contributed by atoms with E-state index in [4.69, 9.17) is 17.3 Å². The maximum atomic E-state index is 5.97. The van der Waals surface area contributed by atoms with E-state index >= 15 is 0 Å². The van der Waals surface area contributed by atoms with Gasteiger partial charge in [-0.15, -0.1) is 0 Å². The van der Waals surface area contributed by atoms with E-state index in [1.807, 2.05) is 18.2 Å². The Labute approximate surface area is 102 Å². The molecule has 1 aliphatic rings. The Kier molecular flexibility index (Phi) is 3.52. The second-order valence-corrected chi connectivity index (χ2v) is 4.82. The van der Waals surface area contributed by atoms with Gasteiger partial charge in [-0.05, 0) is 37.1 Å². The van der Waals surface area contributed by atoms with Crippen molar-refractivity contribution < 1.29 is 0 Å². The minimum atomic E-state index is 0.757. The zero-order valence-electron chi connectivity index (χ0n) is 9.54. The van der Waals surface area contributed by atoms with Crippen molar-refractivity contribution in [2.45, 2.75) is 19.9 Å². The third-order valence-electron chi connectivity index (χ3n) is 3.02. The Morgan fingerprint density at radius 2 is 2.25 bits per heavy atom. The summed E-state index contributed by atoms with van der Waals surface area (Å²) in [6.07, 6.45) is 3.44. The largest absolute Gasteiger partial charge is 0.398 e. The first kappa shape index (κ1) is 11.5. The van der Waals surface area contributed by atoms with Gasteiger partial charge in [0.15, 0.2) is 0 Å². The van der Waals surface area contributed by atoms with E-state index in [1.165, 1.54) is 5.57 Å². The van der Waals surface area contributed by atoms with Crippen molar-refractivity contribution >= 4 is 17.3 Å². The summed E-state index contributed by atoms with van der Waals surface area (Å²) in [6.45, 7) is 5.19. The highest BCUT2D eigenvalue weighted by atomic mass is 35.5. The predicted octanol–water partition coefficient (Wildman–Crippen LogP) is 3.07. The predicted molar refractivity (Wildman–Crippen MR) is 69.5 cm³/mol. The van der Waals surface area contributed by atoms with E-state index in [1.54, 1.807) is 0 Å². The fraction of sp³-hybridized carbons (Fsp3) is 0.385. The molecule has 86 valence electrons. The van der Waals surface area contributed by atoms with Gasteiger partial charge in [0.1, 0.15) is 0 Å². The van der Waals surface area contributed by atoms with Crippen LogP contribution in [0.1, 0.15) is 18.9 Å².